The number of aromatic nitrogens is 4. The van der Waals surface area contributed by atoms with Crippen molar-refractivity contribution in [1.82, 2.24) is 24.2 Å². The van der Waals surface area contributed by atoms with Crippen molar-refractivity contribution in [1.29, 1.82) is 0 Å². The van der Waals surface area contributed by atoms with E-state index in [0.29, 0.717) is 12.5 Å². The van der Waals surface area contributed by atoms with Gasteiger partial charge in [0.05, 0.1) is 16.0 Å². The predicted molar refractivity (Wildman–Crippen MR) is 110 cm³/mol. The van der Waals surface area contributed by atoms with Gasteiger partial charge < -0.3 is 9.47 Å². The number of amides is 1. The summed E-state index contributed by atoms with van der Waals surface area (Å²) in [6.45, 7) is 9.05. The predicted octanol–water partition coefficient (Wildman–Crippen LogP) is 2.43. The average molecular weight is 399 g/mol. The molecular formula is C19H25N7O3. The monoisotopic (exact) mass is 399 g/mol. The summed E-state index contributed by atoms with van der Waals surface area (Å²) in [6, 6.07) is 7.72. The van der Waals surface area contributed by atoms with E-state index in [9.17, 15) is 14.9 Å². The van der Waals surface area contributed by atoms with Crippen molar-refractivity contribution in [2.75, 3.05) is 25.0 Å². The van der Waals surface area contributed by atoms with Crippen molar-refractivity contribution < 1.29 is 9.72 Å². The van der Waals surface area contributed by atoms with Gasteiger partial charge in [0.25, 0.3) is 0 Å². The summed E-state index contributed by atoms with van der Waals surface area (Å²) in [4.78, 5) is 29.8. The summed E-state index contributed by atoms with van der Waals surface area (Å²) < 4.78 is 3.26. The Morgan fingerprint density at radius 1 is 1.28 bits per heavy atom. The molecule has 0 atom stereocenters. The molecule has 2 heterocycles. The van der Waals surface area contributed by atoms with Crippen LogP contribution in [0, 0.1) is 17.0 Å². The second-order valence-corrected chi connectivity index (χ2v) is 6.71. The number of hydrogen-bond donors (Lipinski definition) is 1. The number of carbonyl (C=O) groups excluding carboxylic acids is 1. The van der Waals surface area contributed by atoms with Gasteiger partial charge in [-0.2, -0.15) is 5.10 Å². The van der Waals surface area contributed by atoms with E-state index in [-0.39, 0.29) is 23.8 Å². The molecule has 0 aliphatic heterocycles. The number of imidazole rings is 1. The number of nitrogens with zero attached hydrogens (tertiary/aromatic N) is 6. The summed E-state index contributed by atoms with van der Waals surface area (Å²) in [7, 11) is 0. The zero-order valence-corrected chi connectivity index (χ0v) is 16.8. The largest absolute Gasteiger partial charge is 0.309 e. The summed E-state index contributed by atoms with van der Waals surface area (Å²) >= 11 is 0. The van der Waals surface area contributed by atoms with Gasteiger partial charge in [0.2, 0.25) is 11.9 Å². The van der Waals surface area contributed by atoms with E-state index in [2.05, 4.69) is 34.1 Å². The molecule has 10 heteroatoms. The van der Waals surface area contributed by atoms with E-state index in [1.54, 1.807) is 6.92 Å². The Morgan fingerprint density at radius 2 is 2.00 bits per heavy atom. The first kappa shape index (κ1) is 20.5. The van der Waals surface area contributed by atoms with Crippen LogP contribution in [0.25, 0.3) is 11.0 Å². The minimum absolute atomic E-state index is 0.107. The van der Waals surface area contributed by atoms with E-state index < -0.39 is 4.92 Å². The molecule has 3 aromatic rings. The Balaban J connectivity index is 1.79. The number of carbonyl (C=O) groups is 1. The number of benzene rings is 1. The fourth-order valence-corrected chi connectivity index (χ4v) is 3.26. The maximum absolute atomic E-state index is 12.5. The van der Waals surface area contributed by atoms with E-state index in [1.807, 2.05) is 28.8 Å². The Morgan fingerprint density at radius 3 is 2.66 bits per heavy atom. The Labute approximate surface area is 168 Å². The van der Waals surface area contributed by atoms with Gasteiger partial charge in [0.15, 0.2) is 0 Å². The minimum Gasteiger partial charge on any atom is -0.309 e. The fraction of sp³-hybridized carbons (Fsp3) is 0.421. The molecule has 1 amide bonds. The van der Waals surface area contributed by atoms with Gasteiger partial charge in [-0.15, -0.1) is 0 Å². The van der Waals surface area contributed by atoms with Crippen LogP contribution < -0.4 is 5.32 Å². The smallest absolute Gasteiger partial charge is 0.309 e. The number of fused-ring (bicyclic) bond motifs is 1. The van der Waals surface area contributed by atoms with Crippen LogP contribution in [0.5, 0.6) is 0 Å². The van der Waals surface area contributed by atoms with Gasteiger partial charge in [-0.1, -0.05) is 26.0 Å². The minimum atomic E-state index is -0.511. The molecule has 0 saturated heterocycles. The number of rotatable bonds is 9. The number of nitrogens with one attached hydrogen (secondary N) is 1. The van der Waals surface area contributed by atoms with Crippen molar-refractivity contribution in [3.8, 4) is 0 Å². The summed E-state index contributed by atoms with van der Waals surface area (Å²) in [5, 5.41) is 17.8. The highest BCUT2D eigenvalue weighted by molar-refractivity contribution is 5.91. The summed E-state index contributed by atoms with van der Waals surface area (Å²) in [5.74, 6) is 0.114. The van der Waals surface area contributed by atoms with Crippen LogP contribution in [-0.4, -0.2) is 54.7 Å². The van der Waals surface area contributed by atoms with Gasteiger partial charge in [-0.05, 0) is 32.1 Å². The third-order valence-electron chi connectivity index (χ3n) is 4.86. The third-order valence-corrected chi connectivity index (χ3v) is 4.86. The highest BCUT2D eigenvalue weighted by Gasteiger charge is 2.18. The maximum atomic E-state index is 12.5. The molecule has 0 unspecified atom stereocenters. The summed E-state index contributed by atoms with van der Waals surface area (Å²) in [6.07, 6.45) is 1.26. The Hall–Kier alpha value is -3.27. The van der Waals surface area contributed by atoms with Crippen molar-refractivity contribution in [2.45, 2.75) is 33.9 Å². The summed E-state index contributed by atoms with van der Waals surface area (Å²) in [5.41, 5.74) is 1.91. The molecule has 1 aromatic carbocycles. The molecule has 0 saturated carbocycles. The molecule has 0 fully saturated rings. The lowest BCUT2D eigenvalue weighted by Gasteiger charge is -2.19. The highest BCUT2D eigenvalue weighted by atomic mass is 16.6. The zero-order valence-electron chi connectivity index (χ0n) is 16.8. The molecule has 3 rings (SSSR count). The van der Waals surface area contributed by atoms with Crippen LogP contribution >= 0.6 is 0 Å². The Kier molecular flexibility index (Phi) is 6.23. The number of aryl methyl sites for hydroxylation is 1. The normalized spacial score (nSPS) is 11.3. The lowest BCUT2D eigenvalue weighted by Crippen LogP contribution is -2.28. The number of anilines is 1. The fourth-order valence-electron chi connectivity index (χ4n) is 3.26. The maximum Gasteiger partial charge on any atom is 0.309 e. The van der Waals surface area contributed by atoms with Crippen LogP contribution in [0.3, 0.4) is 0 Å². The molecule has 154 valence electrons. The van der Waals surface area contributed by atoms with Crippen molar-refractivity contribution in [2.24, 2.45) is 0 Å². The lowest BCUT2D eigenvalue weighted by atomic mass is 10.3. The van der Waals surface area contributed by atoms with Crippen molar-refractivity contribution in [3.63, 3.8) is 0 Å². The molecule has 0 spiro atoms. The topological polar surface area (TPSA) is 111 Å². The van der Waals surface area contributed by atoms with Crippen molar-refractivity contribution >= 4 is 28.6 Å². The van der Waals surface area contributed by atoms with Gasteiger partial charge >= 0.3 is 5.69 Å². The van der Waals surface area contributed by atoms with Crippen LogP contribution in [0.1, 0.15) is 19.5 Å². The van der Waals surface area contributed by atoms with Crippen LogP contribution in [-0.2, 0) is 17.9 Å². The first-order chi connectivity index (χ1) is 13.9. The first-order valence-corrected chi connectivity index (χ1v) is 9.58. The van der Waals surface area contributed by atoms with Crippen molar-refractivity contribution in [3.05, 3.63) is 46.3 Å². The number of likely N-dealkylation sites (N-methyl/N-ethyl adjacent to an activating group) is 1. The van der Waals surface area contributed by atoms with Crippen LogP contribution in [0.4, 0.5) is 11.6 Å². The van der Waals surface area contributed by atoms with E-state index >= 15 is 0 Å². The molecule has 10 nitrogen and oxygen atoms in total. The Bertz CT molecular complexity index is 1020. The lowest BCUT2D eigenvalue weighted by molar-refractivity contribution is -0.385. The van der Waals surface area contributed by atoms with Gasteiger partial charge in [-0.25, -0.2) is 4.98 Å². The molecule has 2 aromatic heterocycles. The van der Waals surface area contributed by atoms with Crippen LogP contribution in [0.15, 0.2) is 30.5 Å². The quantitative estimate of drug-likeness (QED) is 0.437. The van der Waals surface area contributed by atoms with E-state index in [1.165, 1.54) is 10.9 Å². The molecule has 0 aliphatic carbocycles. The van der Waals surface area contributed by atoms with Gasteiger partial charge in [0.1, 0.15) is 18.4 Å². The van der Waals surface area contributed by atoms with Gasteiger partial charge in [-0.3, -0.25) is 24.9 Å². The molecule has 0 radical (unpaired) electrons. The molecule has 1 N–H and O–H groups in total. The second kappa shape index (κ2) is 8.82. The van der Waals surface area contributed by atoms with Crippen LogP contribution in [0.2, 0.25) is 0 Å². The standard InChI is InChI=1S/C19H25N7O3/c1-4-23(5-2)10-11-25-16-9-7-6-8-15(16)20-19(25)21-18(27)13-24-12-17(26(28)29)14(3)22-24/h6-9,12H,4-5,10-11,13H2,1-3H3,(H,20,21,27). The number of para-hydroxylation sites is 2. The number of hydrogen-bond acceptors (Lipinski definition) is 6. The van der Waals surface area contributed by atoms with E-state index in [0.717, 1.165) is 30.7 Å². The SMILES string of the molecule is CCN(CC)CCn1c(NC(=O)Cn2cc([N+](=O)[O-])c(C)n2)nc2ccccc21. The second-order valence-electron chi connectivity index (χ2n) is 6.71. The third kappa shape index (κ3) is 4.60. The molecule has 0 bridgehead atoms. The average Bonchev–Trinajstić information content (AvgIpc) is 3.22. The highest BCUT2D eigenvalue weighted by Crippen LogP contribution is 2.20. The van der Waals surface area contributed by atoms with Gasteiger partial charge in [0, 0.05) is 13.1 Å². The number of nitro groups is 1. The molecule has 29 heavy (non-hydrogen) atoms. The van der Waals surface area contributed by atoms with E-state index in [4.69, 9.17) is 0 Å². The first-order valence-electron chi connectivity index (χ1n) is 9.58. The molecular weight excluding hydrogens is 374 g/mol. The zero-order chi connectivity index (χ0) is 21.0. The molecule has 0 aliphatic rings.